The summed E-state index contributed by atoms with van der Waals surface area (Å²) in [4.78, 5) is 0. The molecule has 1 aromatic heterocycles. The topological polar surface area (TPSA) is 55.9 Å². The Morgan fingerprint density at radius 3 is 2.94 bits per heavy atom. The summed E-state index contributed by atoms with van der Waals surface area (Å²) in [6.07, 6.45) is 4.72. The molecule has 0 aromatic carbocycles. The van der Waals surface area contributed by atoms with Gasteiger partial charge in [0, 0.05) is 25.2 Å². The molecule has 1 unspecified atom stereocenters. The van der Waals surface area contributed by atoms with Crippen molar-refractivity contribution >= 4 is 0 Å². The van der Waals surface area contributed by atoms with Crippen LogP contribution in [0.5, 0.6) is 0 Å². The minimum Gasteiger partial charge on any atom is -0.275 e. The van der Waals surface area contributed by atoms with E-state index in [1.165, 1.54) is 5.56 Å². The van der Waals surface area contributed by atoms with Gasteiger partial charge in [-0.15, -0.1) is 11.8 Å². The van der Waals surface area contributed by atoms with Gasteiger partial charge in [-0.25, -0.2) is 0 Å². The summed E-state index contributed by atoms with van der Waals surface area (Å²) in [5, 5.41) is 4.41. The lowest BCUT2D eigenvalue weighted by Crippen LogP contribution is -2.28. The van der Waals surface area contributed by atoms with E-state index in [4.69, 9.17) is 5.84 Å². The van der Waals surface area contributed by atoms with Gasteiger partial charge >= 0.3 is 0 Å². The van der Waals surface area contributed by atoms with E-state index >= 15 is 0 Å². The Morgan fingerprint density at radius 1 is 1.62 bits per heavy atom. The minimum absolute atomic E-state index is 0.143. The zero-order valence-electron chi connectivity index (χ0n) is 10.2. The number of nitrogens with one attached hydrogen (secondary N) is 1. The average Bonchev–Trinajstić information content (AvgIpc) is 2.66. The number of hydrogen-bond donors (Lipinski definition) is 2. The van der Waals surface area contributed by atoms with Crippen molar-refractivity contribution in [2.24, 2.45) is 12.9 Å². The first kappa shape index (κ1) is 12.8. The van der Waals surface area contributed by atoms with Crippen LogP contribution in [0.2, 0.25) is 0 Å². The van der Waals surface area contributed by atoms with Crippen LogP contribution < -0.4 is 11.3 Å². The minimum atomic E-state index is 0.143. The molecule has 0 saturated heterocycles. The summed E-state index contributed by atoms with van der Waals surface area (Å²) in [5.41, 5.74) is 5.14. The molecule has 0 amide bonds. The van der Waals surface area contributed by atoms with Gasteiger partial charge in [-0.05, 0) is 19.8 Å². The maximum atomic E-state index is 5.58. The Morgan fingerprint density at radius 2 is 2.38 bits per heavy atom. The van der Waals surface area contributed by atoms with Crippen molar-refractivity contribution in [2.45, 2.75) is 39.2 Å². The second-order valence-electron chi connectivity index (χ2n) is 3.74. The van der Waals surface area contributed by atoms with Crippen LogP contribution in [0.4, 0.5) is 0 Å². The highest BCUT2D eigenvalue weighted by atomic mass is 15.3. The highest BCUT2D eigenvalue weighted by Gasteiger charge is 2.15. The molecule has 0 aliphatic carbocycles. The summed E-state index contributed by atoms with van der Waals surface area (Å²) in [5.74, 6) is 11.5. The zero-order valence-corrected chi connectivity index (χ0v) is 10.2. The fourth-order valence-corrected chi connectivity index (χ4v) is 1.79. The van der Waals surface area contributed by atoms with Crippen molar-refractivity contribution in [1.29, 1.82) is 0 Å². The maximum absolute atomic E-state index is 5.58. The third-order valence-corrected chi connectivity index (χ3v) is 2.58. The van der Waals surface area contributed by atoms with Gasteiger partial charge in [0.25, 0.3) is 0 Å². The molecule has 1 atom stereocenters. The average molecular weight is 220 g/mol. The fraction of sp³-hybridized carbons (Fsp3) is 0.583. The molecule has 1 heterocycles. The van der Waals surface area contributed by atoms with E-state index in [1.807, 2.05) is 24.9 Å². The molecular formula is C12H20N4. The number of rotatable bonds is 5. The Hall–Kier alpha value is -1.31. The third-order valence-electron chi connectivity index (χ3n) is 2.58. The van der Waals surface area contributed by atoms with Crippen molar-refractivity contribution < 1.29 is 0 Å². The maximum Gasteiger partial charge on any atom is 0.0670 e. The summed E-state index contributed by atoms with van der Waals surface area (Å²) in [7, 11) is 1.93. The van der Waals surface area contributed by atoms with Crippen LogP contribution in [0.3, 0.4) is 0 Å². The molecule has 88 valence electrons. The number of hydrogen-bond acceptors (Lipinski definition) is 3. The van der Waals surface area contributed by atoms with Crippen LogP contribution in [0.25, 0.3) is 0 Å². The molecule has 0 aliphatic rings. The number of nitrogens with two attached hydrogens (primary N) is 1. The lowest BCUT2D eigenvalue weighted by atomic mass is 10.0. The standard InChI is InChI=1S/C12H20N4/c1-4-6-7-8-12(14-13)10-9-16(3)15-11(10)5-2/h9,12,14H,5,7-8,13H2,1-3H3. The lowest BCUT2D eigenvalue weighted by molar-refractivity contribution is 0.520. The number of aryl methyl sites for hydroxylation is 2. The van der Waals surface area contributed by atoms with Crippen LogP contribution in [0.15, 0.2) is 6.20 Å². The van der Waals surface area contributed by atoms with E-state index in [2.05, 4.69) is 29.3 Å². The van der Waals surface area contributed by atoms with Crippen molar-refractivity contribution in [1.82, 2.24) is 15.2 Å². The Kier molecular flexibility index (Phi) is 5.03. The van der Waals surface area contributed by atoms with Gasteiger partial charge in [-0.3, -0.25) is 16.0 Å². The molecule has 3 N–H and O–H groups in total. The van der Waals surface area contributed by atoms with Crippen molar-refractivity contribution in [3.63, 3.8) is 0 Å². The van der Waals surface area contributed by atoms with Gasteiger partial charge in [0.15, 0.2) is 0 Å². The first-order valence-corrected chi connectivity index (χ1v) is 5.61. The number of nitrogens with zero attached hydrogens (tertiary/aromatic N) is 2. The lowest BCUT2D eigenvalue weighted by Gasteiger charge is -2.13. The predicted octanol–water partition coefficient (Wildman–Crippen LogP) is 1.29. The van der Waals surface area contributed by atoms with Gasteiger partial charge in [0.1, 0.15) is 0 Å². The Bertz CT molecular complexity index is 383. The van der Waals surface area contributed by atoms with Gasteiger partial charge in [-0.2, -0.15) is 5.10 Å². The molecule has 0 radical (unpaired) electrons. The Balaban J connectivity index is 2.79. The van der Waals surface area contributed by atoms with Crippen LogP contribution >= 0.6 is 0 Å². The highest BCUT2D eigenvalue weighted by Crippen LogP contribution is 2.20. The SMILES string of the molecule is CC#CCCC(NN)c1cn(C)nc1CC. The van der Waals surface area contributed by atoms with E-state index in [0.29, 0.717) is 0 Å². The van der Waals surface area contributed by atoms with Crippen molar-refractivity contribution in [3.05, 3.63) is 17.5 Å². The molecule has 16 heavy (non-hydrogen) atoms. The molecule has 1 rings (SSSR count). The van der Waals surface area contributed by atoms with E-state index in [-0.39, 0.29) is 6.04 Å². The largest absolute Gasteiger partial charge is 0.275 e. The first-order valence-electron chi connectivity index (χ1n) is 5.61. The van der Waals surface area contributed by atoms with Gasteiger partial charge in [-0.1, -0.05) is 6.92 Å². The van der Waals surface area contributed by atoms with E-state index in [9.17, 15) is 0 Å². The molecule has 1 aromatic rings. The smallest absolute Gasteiger partial charge is 0.0670 e. The zero-order chi connectivity index (χ0) is 12.0. The van der Waals surface area contributed by atoms with E-state index in [0.717, 1.165) is 25.0 Å². The molecule has 0 aliphatic heterocycles. The van der Waals surface area contributed by atoms with Crippen LogP contribution in [0, 0.1) is 11.8 Å². The van der Waals surface area contributed by atoms with Crippen molar-refractivity contribution in [2.75, 3.05) is 0 Å². The van der Waals surface area contributed by atoms with E-state index in [1.54, 1.807) is 0 Å². The number of hydrazine groups is 1. The molecular weight excluding hydrogens is 200 g/mol. The summed E-state index contributed by atoms with van der Waals surface area (Å²) >= 11 is 0. The summed E-state index contributed by atoms with van der Waals surface area (Å²) in [6.45, 7) is 3.96. The fourth-order valence-electron chi connectivity index (χ4n) is 1.79. The second kappa shape index (κ2) is 6.31. The third kappa shape index (κ3) is 3.09. The van der Waals surface area contributed by atoms with Crippen LogP contribution in [-0.4, -0.2) is 9.78 Å². The van der Waals surface area contributed by atoms with E-state index < -0.39 is 0 Å². The predicted molar refractivity (Wildman–Crippen MR) is 65.3 cm³/mol. The Labute approximate surface area is 97.2 Å². The quantitative estimate of drug-likeness (QED) is 0.446. The van der Waals surface area contributed by atoms with Crippen molar-refractivity contribution in [3.8, 4) is 11.8 Å². The highest BCUT2D eigenvalue weighted by molar-refractivity contribution is 5.21. The summed E-state index contributed by atoms with van der Waals surface area (Å²) in [6, 6.07) is 0.143. The van der Waals surface area contributed by atoms with Gasteiger partial charge < -0.3 is 0 Å². The number of aromatic nitrogens is 2. The first-order chi connectivity index (χ1) is 7.72. The van der Waals surface area contributed by atoms with Crippen LogP contribution in [0.1, 0.15) is 44.0 Å². The monoisotopic (exact) mass is 220 g/mol. The molecule has 0 spiro atoms. The van der Waals surface area contributed by atoms with Gasteiger partial charge in [0.2, 0.25) is 0 Å². The molecule has 0 saturated carbocycles. The second-order valence-corrected chi connectivity index (χ2v) is 3.74. The van der Waals surface area contributed by atoms with Crippen LogP contribution in [-0.2, 0) is 13.5 Å². The normalized spacial score (nSPS) is 12.0. The van der Waals surface area contributed by atoms with Gasteiger partial charge in [0.05, 0.1) is 11.7 Å². The molecule has 4 nitrogen and oxygen atoms in total. The molecule has 0 fully saturated rings. The molecule has 4 heteroatoms. The molecule has 0 bridgehead atoms. The summed E-state index contributed by atoms with van der Waals surface area (Å²) < 4.78 is 1.84.